The Morgan fingerprint density at radius 2 is 2.11 bits per heavy atom. The average Bonchev–Trinajstić information content (AvgIpc) is 3.26. The first-order valence-electron chi connectivity index (χ1n) is 9.86. The highest BCUT2D eigenvalue weighted by Gasteiger charge is 2.13. The molecule has 2 N–H and O–H groups in total. The Morgan fingerprint density at radius 3 is 2.86 bits per heavy atom. The number of guanidine groups is 1. The molecule has 2 heterocycles. The second-order valence-corrected chi connectivity index (χ2v) is 6.81. The van der Waals surface area contributed by atoms with Crippen molar-refractivity contribution in [3.63, 3.8) is 0 Å². The first kappa shape index (κ1) is 22.6. The Balaban J connectivity index is 0.00000280. The van der Waals surface area contributed by atoms with Crippen LogP contribution < -0.4 is 10.6 Å². The number of hydrogen-bond acceptors (Lipinski definition) is 4. The molecule has 0 aliphatic heterocycles. The number of aliphatic imine (C=N–C) groups is 1. The molecule has 1 saturated carbocycles. The number of nitrogens with zero attached hydrogens (tertiary/aromatic N) is 4. The molecule has 0 radical (unpaired) electrons. The van der Waals surface area contributed by atoms with Crippen molar-refractivity contribution in [2.45, 2.75) is 51.2 Å². The van der Waals surface area contributed by atoms with Crippen LogP contribution in [0.2, 0.25) is 0 Å². The van der Waals surface area contributed by atoms with E-state index in [0.29, 0.717) is 12.6 Å². The molecule has 1 aliphatic carbocycles. The standard InChI is InChI=1S/C20H30N6O.HI/c1-21-20(23-10-6-14-27-18-7-3-2-4-8-18)24-16-17-9-12-22-19(15-17)26-13-5-11-25-26;/h5,9,11-13,15,18H,2-4,6-8,10,14,16H2,1H3,(H2,21,23,24);1H. The van der Waals surface area contributed by atoms with E-state index in [-0.39, 0.29) is 24.0 Å². The van der Waals surface area contributed by atoms with Crippen molar-refractivity contribution >= 4 is 29.9 Å². The highest BCUT2D eigenvalue weighted by molar-refractivity contribution is 14.0. The van der Waals surface area contributed by atoms with Crippen molar-refractivity contribution < 1.29 is 4.74 Å². The second-order valence-electron chi connectivity index (χ2n) is 6.81. The minimum Gasteiger partial charge on any atom is -0.378 e. The van der Waals surface area contributed by atoms with E-state index < -0.39 is 0 Å². The average molecular weight is 498 g/mol. The number of halogens is 1. The molecule has 0 unspecified atom stereocenters. The summed E-state index contributed by atoms with van der Waals surface area (Å²) in [6, 6.07) is 5.90. The van der Waals surface area contributed by atoms with Gasteiger partial charge < -0.3 is 15.4 Å². The number of rotatable bonds is 8. The minimum absolute atomic E-state index is 0. The lowest BCUT2D eigenvalue weighted by Gasteiger charge is -2.22. The summed E-state index contributed by atoms with van der Waals surface area (Å²) in [6.45, 7) is 2.34. The number of aromatic nitrogens is 3. The zero-order valence-electron chi connectivity index (χ0n) is 16.5. The highest BCUT2D eigenvalue weighted by Crippen LogP contribution is 2.20. The minimum atomic E-state index is 0. The first-order chi connectivity index (χ1) is 13.3. The van der Waals surface area contributed by atoms with Crippen LogP contribution in [-0.4, -0.2) is 47.0 Å². The summed E-state index contributed by atoms with van der Waals surface area (Å²) < 4.78 is 7.71. The predicted octanol–water partition coefficient (Wildman–Crippen LogP) is 3.29. The van der Waals surface area contributed by atoms with Gasteiger partial charge in [0.1, 0.15) is 0 Å². The maximum absolute atomic E-state index is 5.96. The Labute approximate surface area is 184 Å². The van der Waals surface area contributed by atoms with E-state index in [9.17, 15) is 0 Å². The first-order valence-corrected chi connectivity index (χ1v) is 9.86. The summed E-state index contributed by atoms with van der Waals surface area (Å²) in [5.41, 5.74) is 1.12. The summed E-state index contributed by atoms with van der Waals surface area (Å²) >= 11 is 0. The number of ether oxygens (including phenoxy) is 1. The van der Waals surface area contributed by atoms with Crippen LogP contribution in [0.4, 0.5) is 0 Å². The maximum Gasteiger partial charge on any atom is 0.191 e. The van der Waals surface area contributed by atoms with Gasteiger partial charge >= 0.3 is 0 Å². The van der Waals surface area contributed by atoms with Crippen molar-refractivity contribution in [3.8, 4) is 5.82 Å². The molecule has 0 bridgehead atoms. The molecule has 1 aliphatic rings. The van der Waals surface area contributed by atoms with Crippen LogP contribution in [0.25, 0.3) is 5.82 Å². The molecule has 0 aromatic carbocycles. The van der Waals surface area contributed by atoms with Gasteiger partial charge in [0.2, 0.25) is 0 Å². The number of hydrogen-bond donors (Lipinski definition) is 2. The van der Waals surface area contributed by atoms with Crippen molar-refractivity contribution in [1.29, 1.82) is 0 Å². The molecule has 0 amide bonds. The van der Waals surface area contributed by atoms with Gasteiger partial charge in [-0.3, -0.25) is 4.99 Å². The lowest BCUT2D eigenvalue weighted by molar-refractivity contribution is 0.0277. The van der Waals surface area contributed by atoms with Crippen LogP contribution in [0.15, 0.2) is 41.8 Å². The van der Waals surface area contributed by atoms with Gasteiger partial charge in [-0.05, 0) is 43.0 Å². The van der Waals surface area contributed by atoms with E-state index in [1.165, 1.54) is 32.1 Å². The van der Waals surface area contributed by atoms with Gasteiger partial charge in [-0.25, -0.2) is 9.67 Å². The molecule has 0 atom stereocenters. The van der Waals surface area contributed by atoms with Gasteiger partial charge in [-0.15, -0.1) is 24.0 Å². The Kier molecular flexibility index (Phi) is 10.3. The fourth-order valence-electron chi connectivity index (χ4n) is 3.27. The van der Waals surface area contributed by atoms with Gasteiger partial charge in [-0.2, -0.15) is 5.10 Å². The van der Waals surface area contributed by atoms with Crippen LogP contribution in [-0.2, 0) is 11.3 Å². The Bertz CT molecular complexity index is 700. The van der Waals surface area contributed by atoms with Crippen molar-refractivity contribution in [3.05, 3.63) is 42.4 Å². The van der Waals surface area contributed by atoms with Crippen molar-refractivity contribution in [2.75, 3.05) is 20.2 Å². The van der Waals surface area contributed by atoms with Crippen molar-refractivity contribution in [1.82, 2.24) is 25.4 Å². The third-order valence-corrected chi connectivity index (χ3v) is 4.75. The monoisotopic (exact) mass is 498 g/mol. The van der Waals surface area contributed by atoms with E-state index in [1.54, 1.807) is 24.1 Å². The van der Waals surface area contributed by atoms with E-state index in [1.807, 2.05) is 24.4 Å². The SMILES string of the molecule is CN=C(NCCCOC1CCCCC1)NCc1ccnc(-n2cccn2)c1.I. The van der Waals surface area contributed by atoms with E-state index in [4.69, 9.17) is 4.74 Å². The molecule has 154 valence electrons. The zero-order chi connectivity index (χ0) is 18.7. The largest absolute Gasteiger partial charge is 0.378 e. The highest BCUT2D eigenvalue weighted by atomic mass is 127. The quantitative estimate of drug-likeness (QED) is 0.253. The third-order valence-electron chi connectivity index (χ3n) is 4.75. The summed E-state index contributed by atoms with van der Waals surface area (Å²) in [5, 5.41) is 10.9. The molecule has 28 heavy (non-hydrogen) atoms. The summed E-state index contributed by atoms with van der Waals surface area (Å²) in [6.07, 6.45) is 13.3. The molecule has 0 spiro atoms. The number of nitrogens with one attached hydrogen (secondary N) is 2. The van der Waals surface area contributed by atoms with Gasteiger partial charge in [0.25, 0.3) is 0 Å². The van der Waals surface area contributed by atoms with E-state index in [0.717, 1.165) is 36.9 Å². The Hall–Kier alpha value is -1.68. The molecule has 1 fully saturated rings. The van der Waals surface area contributed by atoms with Crippen LogP contribution in [0.3, 0.4) is 0 Å². The van der Waals surface area contributed by atoms with Crippen LogP contribution in [0.5, 0.6) is 0 Å². The van der Waals surface area contributed by atoms with E-state index in [2.05, 4.69) is 25.7 Å². The maximum atomic E-state index is 5.96. The molecule has 7 nitrogen and oxygen atoms in total. The Morgan fingerprint density at radius 1 is 1.25 bits per heavy atom. The fraction of sp³-hybridized carbons (Fsp3) is 0.550. The summed E-state index contributed by atoms with van der Waals surface area (Å²) in [5.74, 6) is 1.60. The van der Waals surface area contributed by atoms with Gasteiger partial charge in [0, 0.05) is 45.3 Å². The molecular weight excluding hydrogens is 467 g/mol. The molecular formula is C20H31IN6O. The predicted molar refractivity (Wildman–Crippen MR) is 122 cm³/mol. The van der Waals surface area contributed by atoms with Gasteiger partial charge in [0.15, 0.2) is 11.8 Å². The molecule has 0 saturated heterocycles. The zero-order valence-corrected chi connectivity index (χ0v) is 18.8. The lowest BCUT2D eigenvalue weighted by atomic mass is 9.98. The second kappa shape index (κ2) is 12.7. The van der Waals surface area contributed by atoms with Crippen LogP contribution >= 0.6 is 24.0 Å². The van der Waals surface area contributed by atoms with Crippen molar-refractivity contribution in [2.24, 2.45) is 4.99 Å². The fourth-order valence-corrected chi connectivity index (χ4v) is 3.27. The van der Waals surface area contributed by atoms with Crippen LogP contribution in [0.1, 0.15) is 44.1 Å². The summed E-state index contributed by atoms with van der Waals surface area (Å²) in [7, 11) is 1.79. The van der Waals surface area contributed by atoms with E-state index >= 15 is 0 Å². The summed E-state index contributed by atoms with van der Waals surface area (Å²) in [4.78, 5) is 8.63. The number of pyridine rings is 1. The topological polar surface area (TPSA) is 76.4 Å². The lowest BCUT2D eigenvalue weighted by Crippen LogP contribution is -2.37. The van der Waals surface area contributed by atoms with Crippen LogP contribution in [0, 0.1) is 0 Å². The molecule has 2 aromatic heterocycles. The van der Waals surface area contributed by atoms with Gasteiger partial charge in [0.05, 0.1) is 6.10 Å². The normalized spacial score (nSPS) is 15.1. The molecule has 8 heteroatoms. The molecule has 3 rings (SSSR count). The third kappa shape index (κ3) is 7.38. The molecule has 2 aromatic rings. The van der Waals surface area contributed by atoms with Gasteiger partial charge in [-0.1, -0.05) is 19.3 Å². The smallest absolute Gasteiger partial charge is 0.191 e.